The lowest BCUT2D eigenvalue weighted by atomic mass is 10.0. The summed E-state index contributed by atoms with van der Waals surface area (Å²) in [6.07, 6.45) is 59.2. The zero-order chi connectivity index (χ0) is 40.0. The van der Waals surface area contributed by atoms with Crippen molar-refractivity contribution < 1.29 is 24.2 Å². The molecule has 0 aromatic carbocycles. The second kappa shape index (κ2) is 46.2. The Labute approximate surface area is 341 Å². The minimum absolute atomic E-state index is 0.0694. The fourth-order valence-electron chi connectivity index (χ4n) is 6.73. The van der Waals surface area contributed by atoms with Gasteiger partial charge >= 0.3 is 11.9 Å². The largest absolute Gasteiger partial charge is 0.462 e. The number of hydrogen-bond acceptors (Lipinski definition) is 5. The van der Waals surface area contributed by atoms with Crippen molar-refractivity contribution >= 4 is 11.9 Å². The Morgan fingerprint density at radius 1 is 0.418 bits per heavy atom. The molecule has 0 aromatic rings. The fourth-order valence-corrected chi connectivity index (χ4v) is 6.73. The number of allylic oxidation sites excluding steroid dienone is 8. The molecule has 0 heterocycles. The highest BCUT2D eigenvalue weighted by molar-refractivity contribution is 5.70. The van der Waals surface area contributed by atoms with Crippen molar-refractivity contribution in [2.45, 2.75) is 245 Å². The van der Waals surface area contributed by atoms with Crippen molar-refractivity contribution in [2.24, 2.45) is 0 Å². The monoisotopic (exact) mass is 771 g/mol. The van der Waals surface area contributed by atoms with Crippen LogP contribution in [0, 0.1) is 0 Å². The summed E-state index contributed by atoms with van der Waals surface area (Å²) in [7, 11) is 0. The van der Waals surface area contributed by atoms with Gasteiger partial charge in [-0.1, -0.05) is 197 Å². The topological polar surface area (TPSA) is 72.8 Å². The van der Waals surface area contributed by atoms with Crippen molar-refractivity contribution in [1.29, 1.82) is 0 Å². The molecule has 0 saturated heterocycles. The number of carbonyl (C=O) groups is 2. The quantitative estimate of drug-likeness (QED) is 0.0380. The van der Waals surface area contributed by atoms with Crippen molar-refractivity contribution in [3.05, 3.63) is 48.6 Å². The molecule has 0 rings (SSSR count). The summed E-state index contributed by atoms with van der Waals surface area (Å²) in [5, 5.41) is 9.58. The molecule has 0 aromatic heterocycles. The molecule has 0 amide bonds. The zero-order valence-electron chi connectivity index (χ0n) is 36.4. The van der Waals surface area contributed by atoms with E-state index in [4.69, 9.17) is 9.47 Å². The average molecular weight is 771 g/mol. The van der Waals surface area contributed by atoms with Gasteiger partial charge in [0, 0.05) is 12.8 Å². The van der Waals surface area contributed by atoms with E-state index in [1.807, 2.05) is 0 Å². The summed E-state index contributed by atoms with van der Waals surface area (Å²) in [6, 6.07) is 0. The van der Waals surface area contributed by atoms with Crippen LogP contribution in [0.4, 0.5) is 0 Å². The van der Waals surface area contributed by atoms with Gasteiger partial charge < -0.3 is 14.6 Å². The summed E-state index contributed by atoms with van der Waals surface area (Å²) in [5.74, 6) is -0.598. The van der Waals surface area contributed by atoms with E-state index >= 15 is 0 Å². The van der Waals surface area contributed by atoms with E-state index in [0.29, 0.717) is 12.8 Å². The van der Waals surface area contributed by atoms with Gasteiger partial charge in [0.25, 0.3) is 0 Å². The molecule has 5 nitrogen and oxygen atoms in total. The van der Waals surface area contributed by atoms with Gasteiger partial charge in [-0.25, -0.2) is 0 Å². The number of hydrogen-bond donors (Lipinski definition) is 1. The lowest BCUT2D eigenvalue weighted by molar-refractivity contribution is -0.161. The smallest absolute Gasteiger partial charge is 0.306 e. The molecule has 0 saturated carbocycles. The van der Waals surface area contributed by atoms with E-state index < -0.39 is 6.10 Å². The molecular weight excluding hydrogens is 681 g/mol. The summed E-state index contributed by atoms with van der Waals surface area (Å²) in [5.41, 5.74) is 0. The number of carbonyl (C=O) groups excluding carboxylic acids is 2. The highest BCUT2D eigenvalue weighted by atomic mass is 16.6. The van der Waals surface area contributed by atoms with E-state index in [2.05, 4.69) is 62.5 Å². The molecule has 0 radical (unpaired) electrons. The van der Waals surface area contributed by atoms with Crippen LogP contribution < -0.4 is 0 Å². The van der Waals surface area contributed by atoms with E-state index in [0.717, 1.165) is 57.8 Å². The highest BCUT2D eigenvalue weighted by Gasteiger charge is 2.16. The Kier molecular flexibility index (Phi) is 44.4. The number of unbranched alkanes of at least 4 members (excludes halogenated alkanes) is 27. The van der Waals surface area contributed by atoms with E-state index in [9.17, 15) is 14.7 Å². The number of ether oxygens (including phenoxy) is 2. The van der Waals surface area contributed by atoms with Crippen molar-refractivity contribution in [3.63, 3.8) is 0 Å². The SMILES string of the molecule is CCCCC/C=C\CCCCCCCC(=O)OCC(CO)OC(=O)CCCCCCCCCCCCCCCC/C=C\C/C=C\C/C=C\CCCCCCC. The molecular formula is C50H90O5. The van der Waals surface area contributed by atoms with Crippen LogP contribution in [0.3, 0.4) is 0 Å². The summed E-state index contributed by atoms with van der Waals surface area (Å²) < 4.78 is 10.6. The second-order valence-corrected chi connectivity index (χ2v) is 15.8. The van der Waals surface area contributed by atoms with Crippen LogP contribution in [0.25, 0.3) is 0 Å². The van der Waals surface area contributed by atoms with Gasteiger partial charge in [-0.3, -0.25) is 9.59 Å². The van der Waals surface area contributed by atoms with Gasteiger partial charge in [0.15, 0.2) is 6.10 Å². The molecule has 320 valence electrons. The molecule has 0 fully saturated rings. The first-order valence-electron chi connectivity index (χ1n) is 23.7. The van der Waals surface area contributed by atoms with Crippen LogP contribution >= 0.6 is 0 Å². The molecule has 5 heteroatoms. The van der Waals surface area contributed by atoms with Gasteiger partial charge in [0.2, 0.25) is 0 Å². The molecule has 1 atom stereocenters. The van der Waals surface area contributed by atoms with E-state index in [1.165, 1.54) is 154 Å². The summed E-state index contributed by atoms with van der Waals surface area (Å²) >= 11 is 0. The minimum atomic E-state index is -0.774. The minimum Gasteiger partial charge on any atom is -0.462 e. The maximum Gasteiger partial charge on any atom is 0.306 e. The van der Waals surface area contributed by atoms with Crippen LogP contribution in [0.15, 0.2) is 48.6 Å². The molecule has 0 aliphatic heterocycles. The predicted molar refractivity (Wildman–Crippen MR) is 237 cm³/mol. The Balaban J connectivity index is 3.48. The van der Waals surface area contributed by atoms with Crippen molar-refractivity contribution in [3.8, 4) is 0 Å². The third-order valence-electron chi connectivity index (χ3n) is 10.3. The van der Waals surface area contributed by atoms with Crippen molar-refractivity contribution in [2.75, 3.05) is 13.2 Å². The molecule has 0 bridgehead atoms. The standard InChI is InChI=1S/C50H90O5/c1-3-5-7-9-11-13-15-17-18-19-20-21-22-23-24-25-26-27-28-29-30-31-32-33-35-37-39-41-43-45-50(53)55-48(46-51)47-54-49(52)44-42-40-38-36-34-16-14-12-10-8-6-4-2/h12,14-15,17,19-20,22-23,48,51H,3-11,13,16,18,21,24-47H2,1-2H3/b14-12-,17-15-,20-19-,23-22-. The van der Waals surface area contributed by atoms with Gasteiger partial charge in [-0.2, -0.15) is 0 Å². The molecule has 0 aliphatic carbocycles. The Bertz CT molecular complexity index is 919. The second-order valence-electron chi connectivity index (χ2n) is 15.8. The first-order valence-corrected chi connectivity index (χ1v) is 23.7. The molecule has 55 heavy (non-hydrogen) atoms. The average Bonchev–Trinajstić information content (AvgIpc) is 3.19. The third-order valence-corrected chi connectivity index (χ3v) is 10.3. The summed E-state index contributed by atoms with van der Waals surface area (Å²) in [6.45, 7) is 4.10. The van der Waals surface area contributed by atoms with E-state index in [-0.39, 0.29) is 25.2 Å². The number of esters is 2. The van der Waals surface area contributed by atoms with Gasteiger partial charge in [-0.15, -0.1) is 0 Å². The number of aliphatic hydroxyl groups is 1. The zero-order valence-corrected chi connectivity index (χ0v) is 36.4. The first-order chi connectivity index (χ1) is 27.1. The lowest BCUT2D eigenvalue weighted by Crippen LogP contribution is -2.28. The van der Waals surface area contributed by atoms with Crippen LogP contribution in [-0.4, -0.2) is 36.4 Å². The Hall–Kier alpha value is -2.14. The highest BCUT2D eigenvalue weighted by Crippen LogP contribution is 2.15. The summed E-state index contributed by atoms with van der Waals surface area (Å²) in [4.78, 5) is 24.3. The van der Waals surface area contributed by atoms with Crippen LogP contribution in [0.5, 0.6) is 0 Å². The Morgan fingerprint density at radius 2 is 0.727 bits per heavy atom. The molecule has 0 spiro atoms. The third kappa shape index (κ3) is 44.4. The molecule has 1 N–H and O–H groups in total. The van der Waals surface area contributed by atoms with Crippen LogP contribution in [-0.2, 0) is 19.1 Å². The molecule has 1 unspecified atom stereocenters. The van der Waals surface area contributed by atoms with Gasteiger partial charge in [-0.05, 0) is 77.0 Å². The predicted octanol–water partition coefficient (Wildman–Crippen LogP) is 15.4. The number of rotatable bonds is 43. The number of aliphatic hydroxyl groups excluding tert-OH is 1. The maximum atomic E-state index is 12.2. The molecule has 0 aliphatic rings. The maximum absolute atomic E-state index is 12.2. The van der Waals surface area contributed by atoms with Gasteiger partial charge in [0.05, 0.1) is 6.61 Å². The Morgan fingerprint density at radius 3 is 1.15 bits per heavy atom. The normalized spacial score (nSPS) is 12.6. The fraction of sp³-hybridized carbons (Fsp3) is 0.800. The lowest BCUT2D eigenvalue weighted by Gasteiger charge is -2.15. The van der Waals surface area contributed by atoms with Crippen LogP contribution in [0.1, 0.15) is 239 Å². The van der Waals surface area contributed by atoms with Gasteiger partial charge in [0.1, 0.15) is 6.61 Å². The van der Waals surface area contributed by atoms with Crippen molar-refractivity contribution in [1.82, 2.24) is 0 Å². The van der Waals surface area contributed by atoms with E-state index in [1.54, 1.807) is 0 Å². The van der Waals surface area contributed by atoms with Crippen LogP contribution in [0.2, 0.25) is 0 Å². The first kappa shape index (κ1) is 52.9.